The van der Waals surface area contributed by atoms with Crippen molar-refractivity contribution in [3.05, 3.63) is 71.8 Å². The molecule has 6 heteroatoms. The van der Waals surface area contributed by atoms with Gasteiger partial charge in [-0.2, -0.15) is 0 Å². The minimum Gasteiger partial charge on any atom is -0.350 e. The lowest BCUT2D eigenvalue weighted by Crippen LogP contribution is -2.30. The van der Waals surface area contributed by atoms with Crippen molar-refractivity contribution >= 4 is 32.4 Å². The number of rotatable bonds is 6. The summed E-state index contributed by atoms with van der Waals surface area (Å²) in [6.07, 6.45) is 0.716. The number of anilines is 1. The van der Waals surface area contributed by atoms with Crippen LogP contribution in [0.2, 0.25) is 0 Å². The minimum atomic E-state index is -3.58. The number of carbonyl (C=O) groups is 1. The van der Waals surface area contributed by atoms with E-state index in [4.69, 9.17) is 0 Å². The van der Waals surface area contributed by atoms with E-state index in [9.17, 15) is 13.2 Å². The van der Waals surface area contributed by atoms with Gasteiger partial charge in [-0.15, -0.1) is 0 Å². The number of hydrogen-bond acceptors (Lipinski definition) is 3. The summed E-state index contributed by atoms with van der Waals surface area (Å²) in [6.45, 7) is 8.76. The lowest BCUT2D eigenvalue weighted by molar-refractivity contribution is -0.121. The second kappa shape index (κ2) is 8.24. The molecule has 1 atom stereocenters. The number of nitrogens with one attached hydrogen (secondary N) is 1. The second-order valence-corrected chi connectivity index (χ2v) is 11.3. The van der Waals surface area contributed by atoms with Gasteiger partial charge >= 0.3 is 0 Å². The van der Waals surface area contributed by atoms with Gasteiger partial charge in [0.15, 0.2) is 0 Å². The highest BCUT2D eigenvalue weighted by Crippen LogP contribution is 2.42. The number of hydrogen-bond donors (Lipinski definition) is 1. The quantitative estimate of drug-likeness (QED) is 0.554. The topological polar surface area (TPSA) is 66.5 Å². The van der Waals surface area contributed by atoms with Gasteiger partial charge in [-0.25, -0.2) is 8.42 Å². The van der Waals surface area contributed by atoms with Crippen LogP contribution in [0, 0.1) is 0 Å². The number of nitrogens with zero attached hydrogens (tertiary/aromatic N) is 1. The normalized spacial score (nSPS) is 15.7. The molecule has 0 unspecified atom stereocenters. The Labute approximate surface area is 190 Å². The molecule has 1 N–H and O–H groups in total. The van der Waals surface area contributed by atoms with Crippen LogP contribution in [0.4, 0.5) is 5.69 Å². The monoisotopic (exact) mass is 450 g/mol. The molecule has 0 saturated carbocycles. The van der Waals surface area contributed by atoms with Gasteiger partial charge in [-0.05, 0) is 47.4 Å². The van der Waals surface area contributed by atoms with E-state index in [-0.39, 0.29) is 30.3 Å². The first-order valence-electron chi connectivity index (χ1n) is 11.0. The standard InChI is InChI=1S/C26H30N2O3S/c1-18(19-13-15-21(16-14-19)26(2,3)4)27-24(29)12-7-17-28-22-10-5-8-20-9-6-11-23(25(20)22)32(28,30)31/h5-6,8-11,13-16,18H,7,12,17H2,1-4H3,(H,27,29)/t18-/m0/s1. The fourth-order valence-corrected chi connectivity index (χ4v) is 6.00. The Kier molecular flexibility index (Phi) is 5.76. The first kappa shape index (κ1) is 22.3. The van der Waals surface area contributed by atoms with Crippen LogP contribution in [0.5, 0.6) is 0 Å². The number of carbonyl (C=O) groups excluding carboxylic acids is 1. The minimum absolute atomic E-state index is 0.0790. The second-order valence-electron chi connectivity index (χ2n) is 9.47. The van der Waals surface area contributed by atoms with Crippen LogP contribution < -0.4 is 9.62 Å². The van der Waals surface area contributed by atoms with E-state index < -0.39 is 10.0 Å². The first-order valence-corrected chi connectivity index (χ1v) is 12.5. The first-order chi connectivity index (χ1) is 15.1. The molecule has 1 aliphatic heterocycles. The van der Waals surface area contributed by atoms with Gasteiger partial charge in [0.05, 0.1) is 16.6 Å². The van der Waals surface area contributed by atoms with Crippen LogP contribution in [0.1, 0.15) is 57.7 Å². The molecular formula is C26H30N2O3S. The van der Waals surface area contributed by atoms with Gasteiger partial charge in [-0.3, -0.25) is 9.10 Å². The molecule has 3 aromatic rings. The summed E-state index contributed by atoms with van der Waals surface area (Å²) >= 11 is 0. The van der Waals surface area contributed by atoms with Crippen molar-refractivity contribution in [1.82, 2.24) is 5.32 Å². The highest BCUT2D eigenvalue weighted by Gasteiger charge is 2.35. The molecule has 4 rings (SSSR count). The Morgan fingerprint density at radius 3 is 2.31 bits per heavy atom. The van der Waals surface area contributed by atoms with Gasteiger partial charge in [0, 0.05) is 18.4 Å². The van der Waals surface area contributed by atoms with Crippen molar-refractivity contribution in [2.75, 3.05) is 10.8 Å². The lowest BCUT2D eigenvalue weighted by atomic mass is 9.86. The summed E-state index contributed by atoms with van der Waals surface area (Å²) < 4.78 is 27.5. The molecule has 5 nitrogen and oxygen atoms in total. The average Bonchev–Trinajstić information content (AvgIpc) is 2.96. The average molecular weight is 451 g/mol. The van der Waals surface area contributed by atoms with Crippen LogP contribution >= 0.6 is 0 Å². The largest absolute Gasteiger partial charge is 0.350 e. The molecule has 0 fully saturated rings. The maximum atomic E-state index is 13.0. The van der Waals surface area contributed by atoms with Crippen molar-refractivity contribution < 1.29 is 13.2 Å². The van der Waals surface area contributed by atoms with Crippen molar-refractivity contribution in [3.63, 3.8) is 0 Å². The smallest absolute Gasteiger partial charge is 0.265 e. The Bertz CT molecular complexity index is 1250. The molecule has 1 aliphatic rings. The summed E-state index contributed by atoms with van der Waals surface area (Å²) in [5.41, 5.74) is 3.09. The van der Waals surface area contributed by atoms with Crippen LogP contribution in [0.15, 0.2) is 65.6 Å². The van der Waals surface area contributed by atoms with Crippen molar-refractivity contribution in [2.24, 2.45) is 0 Å². The van der Waals surface area contributed by atoms with Crippen molar-refractivity contribution in [3.8, 4) is 0 Å². The summed E-state index contributed by atoms with van der Waals surface area (Å²) in [4.78, 5) is 12.9. The maximum absolute atomic E-state index is 13.0. The third-order valence-corrected chi connectivity index (χ3v) is 7.96. The van der Waals surface area contributed by atoms with E-state index in [1.54, 1.807) is 12.1 Å². The SMILES string of the molecule is C[C@H](NC(=O)CCCN1c2cccc3cccc(c23)S1(=O)=O)c1ccc(C(C)(C)C)cc1. The highest BCUT2D eigenvalue weighted by molar-refractivity contribution is 7.93. The summed E-state index contributed by atoms with van der Waals surface area (Å²) in [7, 11) is -3.58. The van der Waals surface area contributed by atoms with Gasteiger partial charge < -0.3 is 5.32 Å². The van der Waals surface area contributed by atoms with E-state index >= 15 is 0 Å². The van der Waals surface area contributed by atoms with E-state index in [2.05, 4.69) is 50.4 Å². The van der Waals surface area contributed by atoms with E-state index in [0.717, 1.165) is 16.3 Å². The van der Waals surface area contributed by atoms with Crippen molar-refractivity contribution in [2.45, 2.75) is 56.9 Å². The van der Waals surface area contributed by atoms with E-state index in [1.807, 2.05) is 31.2 Å². The van der Waals surface area contributed by atoms with E-state index in [0.29, 0.717) is 17.0 Å². The Balaban J connectivity index is 1.37. The van der Waals surface area contributed by atoms with Crippen LogP contribution in [0.3, 0.4) is 0 Å². The number of amides is 1. The molecule has 32 heavy (non-hydrogen) atoms. The molecule has 1 heterocycles. The molecule has 0 radical (unpaired) electrons. The molecular weight excluding hydrogens is 420 g/mol. The Hall–Kier alpha value is -2.86. The van der Waals surface area contributed by atoms with Crippen LogP contribution in [0.25, 0.3) is 10.8 Å². The number of sulfonamides is 1. The van der Waals surface area contributed by atoms with Gasteiger partial charge in [-0.1, -0.05) is 69.3 Å². The molecule has 0 aromatic heterocycles. The predicted molar refractivity (Wildman–Crippen MR) is 129 cm³/mol. The summed E-state index contributed by atoms with van der Waals surface area (Å²) in [5.74, 6) is -0.0790. The van der Waals surface area contributed by atoms with Crippen LogP contribution in [-0.2, 0) is 20.2 Å². The molecule has 3 aromatic carbocycles. The molecule has 0 saturated heterocycles. The third kappa shape index (κ3) is 4.11. The fourth-order valence-electron chi connectivity index (χ4n) is 4.25. The highest BCUT2D eigenvalue weighted by atomic mass is 32.2. The predicted octanol–water partition coefficient (Wildman–Crippen LogP) is 5.30. The zero-order valence-corrected chi connectivity index (χ0v) is 19.9. The molecule has 0 spiro atoms. The van der Waals surface area contributed by atoms with E-state index in [1.165, 1.54) is 9.87 Å². The fraction of sp³-hybridized carbons (Fsp3) is 0.346. The Morgan fingerprint density at radius 2 is 1.66 bits per heavy atom. The van der Waals surface area contributed by atoms with Gasteiger partial charge in [0.1, 0.15) is 0 Å². The number of benzene rings is 3. The molecule has 1 amide bonds. The molecule has 0 aliphatic carbocycles. The molecule has 168 valence electrons. The lowest BCUT2D eigenvalue weighted by Gasteiger charge is -2.21. The Morgan fingerprint density at radius 1 is 1.00 bits per heavy atom. The maximum Gasteiger partial charge on any atom is 0.265 e. The summed E-state index contributed by atoms with van der Waals surface area (Å²) in [6, 6.07) is 19.2. The van der Waals surface area contributed by atoms with Crippen LogP contribution in [-0.4, -0.2) is 20.9 Å². The molecule has 0 bridgehead atoms. The zero-order valence-electron chi connectivity index (χ0n) is 19.1. The zero-order chi connectivity index (χ0) is 23.1. The van der Waals surface area contributed by atoms with Gasteiger partial charge in [0.25, 0.3) is 10.0 Å². The third-order valence-electron chi connectivity index (χ3n) is 6.10. The van der Waals surface area contributed by atoms with Crippen molar-refractivity contribution in [1.29, 1.82) is 0 Å². The van der Waals surface area contributed by atoms with Gasteiger partial charge in [0.2, 0.25) is 5.91 Å². The summed E-state index contributed by atoms with van der Waals surface area (Å²) in [5, 5.41) is 4.71.